The first-order valence-corrected chi connectivity index (χ1v) is 6.04. The number of nitrogens with zero attached hydrogens (tertiary/aromatic N) is 1. The number of carboxylic acid groups (broad SMARTS) is 1. The quantitative estimate of drug-likeness (QED) is 0.758. The van der Waals surface area contributed by atoms with Crippen molar-refractivity contribution in [2.45, 2.75) is 19.3 Å². The summed E-state index contributed by atoms with van der Waals surface area (Å²) >= 11 is 0. The Morgan fingerprint density at radius 1 is 1.05 bits per heavy atom. The van der Waals surface area contributed by atoms with Crippen molar-refractivity contribution in [3.05, 3.63) is 35.9 Å². The van der Waals surface area contributed by atoms with Gasteiger partial charge in [-0.05, 0) is 0 Å². The summed E-state index contributed by atoms with van der Waals surface area (Å²) in [6.45, 7) is 0.160. The van der Waals surface area contributed by atoms with Crippen LogP contribution in [0.1, 0.15) is 29.6 Å². The summed E-state index contributed by atoms with van der Waals surface area (Å²) in [6, 6.07) is 8.78. The molecule has 19 heavy (non-hydrogen) atoms. The van der Waals surface area contributed by atoms with Gasteiger partial charge in [0.1, 0.15) is 0 Å². The number of rotatable bonds is 7. The fraction of sp³-hybridized carbons (Fsp3) is 0.357. The van der Waals surface area contributed by atoms with Crippen molar-refractivity contribution in [2.24, 2.45) is 0 Å². The third kappa shape index (κ3) is 5.33. The number of ketones is 1. The zero-order chi connectivity index (χ0) is 14.3. The smallest absolute Gasteiger partial charge is 0.305 e. The Hall–Kier alpha value is -2.17. The molecule has 0 spiro atoms. The van der Waals surface area contributed by atoms with Gasteiger partial charge in [-0.2, -0.15) is 0 Å². The third-order valence-corrected chi connectivity index (χ3v) is 2.75. The van der Waals surface area contributed by atoms with Crippen molar-refractivity contribution in [3.8, 4) is 0 Å². The van der Waals surface area contributed by atoms with Gasteiger partial charge in [0.15, 0.2) is 5.78 Å². The summed E-state index contributed by atoms with van der Waals surface area (Å²) in [4.78, 5) is 35.2. The van der Waals surface area contributed by atoms with Crippen LogP contribution in [0.5, 0.6) is 0 Å². The van der Waals surface area contributed by atoms with Crippen LogP contribution in [0.25, 0.3) is 0 Å². The standard InChI is InChI=1S/C14H17NO4/c1-15(10-9-14(18)19)13(17)8-7-12(16)11-5-3-2-4-6-11/h2-6H,7-10H2,1H3,(H,18,19). The zero-order valence-corrected chi connectivity index (χ0v) is 10.8. The summed E-state index contributed by atoms with van der Waals surface area (Å²) in [5, 5.41) is 8.52. The zero-order valence-electron chi connectivity index (χ0n) is 10.8. The Morgan fingerprint density at radius 3 is 2.26 bits per heavy atom. The molecule has 0 heterocycles. The lowest BCUT2D eigenvalue weighted by atomic mass is 10.1. The van der Waals surface area contributed by atoms with Crippen LogP contribution in [0, 0.1) is 0 Å². The van der Waals surface area contributed by atoms with Crippen molar-refractivity contribution in [1.29, 1.82) is 0 Å². The average Bonchev–Trinajstić information content (AvgIpc) is 2.42. The van der Waals surface area contributed by atoms with Crippen LogP contribution in [0.4, 0.5) is 0 Å². The number of carbonyl (C=O) groups is 3. The van der Waals surface area contributed by atoms with Gasteiger partial charge in [-0.3, -0.25) is 14.4 Å². The maximum Gasteiger partial charge on any atom is 0.305 e. The lowest BCUT2D eigenvalue weighted by Gasteiger charge is -2.15. The molecule has 0 aliphatic rings. The van der Waals surface area contributed by atoms with Gasteiger partial charge in [-0.25, -0.2) is 0 Å². The van der Waals surface area contributed by atoms with Gasteiger partial charge >= 0.3 is 5.97 Å². The van der Waals surface area contributed by atoms with Crippen molar-refractivity contribution >= 4 is 17.7 Å². The molecule has 0 fully saturated rings. The maximum atomic E-state index is 11.8. The van der Waals surface area contributed by atoms with Gasteiger partial charge < -0.3 is 10.0 Å². The fourth-order valence-corrected chi connectivity index (χ4v) is 1.57. The van der Waals surface area contributed by atoms with Crippen molar-refractivity contribution < 1.29 is 19.5 Å². The molecule has 0 radical (unpaired) electrons. The number of Topliss-reactive ketones (excluding diaryl/α,β-unsaturated/α-hetero) is 1. The third-order valence-electron chi connectivity index (χ3n) is 2.75. The maximum absolute atomic E-state index is 11.8. The predicted molar refractivity (Wildman–Crippen MR) is 69.9 cm³/mol. The first kappa shape index (κ1) is 14.9. The molecule has 0 aliphatic carbocycles. The van der Waals surface area contributed by atoms with Crippen molar-refractivity contribution in [2.75, 3.05) is 13.6 Å². The molecule has 0 saturated carbocycles. The van der Waals surface area contributed by atoms with Gasteiger partial charge in [0.05, 0.1) is 6.42 Å². The molecule has 1 aromatic rings. The minimum atomic E-state index is -0.944. The van der Waals surface area contributed by atoms with E-state index in [2.05, 4.69) is 0 Å². The number of hydrogen-bond acceptors (Lipinski definition) is 3. The van der Waals surface area contributed by atoms with Gasteiger partial charge in [0.2, 0.25) is 5.91 Å². The van der Waals surface area contributed by atoms with Crippen molar-refractivity contribution in [1.82, 2.24) is 4.90 Å². The van der Waals surface area contributed by atoms with E-state index in [0.29, 0.717) is 5.56 Å². The molecular weight excluding hydrogens is 246 g/mol. The number of carboxylic acids is 1. The number of carbonyl (C=O) groups excluding carboxylic acids is 2. The van der Waals surface area contributed by atoms with Crippen LogP contribution in [-0.2, 0) is 9.59 Å². The van der Waals surface area contributed by atoms with Crippen LogP contribution in [0.3, 0.4) is 0 Å². The molecule has 1 aromatic carbocycles. The van der Waals surface area contributed by atoms with E-state index in [4.69, 9.17) is 5.11 Å². The van der Waals surface area contributed by atoms with E-state index in [1.54, 1.807) is 24.3 Å². The highest BCUT2D eigenvalue weighted by Gasteiger charge is 2.13. The van der Waals surface area contributed by atoms with Crippen LogP contribution in [0.2, 0.25) is 0 Å². The second kappa shape index (κ2) is 7.31. The molecule has 0 unspecified atom stereocenters. The van der Waals surface area contributed by atoms with E-state index in [1.165, 1.54) is 11.9 Å². The summed E-state index contributed by atoms with van der Waals surface area (Å²) in [7, 11) is 1.54. The minimum absolute atomic E-state index is 0.0828. The van der Waals surface area contributed by atoms with Crippen LogP contribution in [0.15, 0.2) is 30.3 Å². The lowest BCUT2D eigenvalue weighted by Crippen LogP contribution is -2.29. The highest BCUT2D eigenvalue weighted by atomic mass is 16.4. The van der Waals surface area contributed by atoms with Gasteiger partial charge in [0, 0.05) is 32.0 Å². The molecule has 0 aliphatic heterocycles. The molecule has 5 nitrogen and oxygen atoms in total. The number of amides is 1. The first-order valence-electron chi connectivity index (χ1n) is 6.04. The average molecular weight is 263 g/mol. The molecule has 0 bridgehead atoms. The normalized spacial score (nSPS) is 9.95. The molecule has 0 atom stereocenters. The Balaban J connectivity index is 2.38. The monoisotopic (exact) mass is 263 g/mol. The number of hydrogen-bond donors (Lipinski definition) is 1. The Kier molecular flexibility index (Phi) is 5.73. The fourth-order valence-electron chi connectivity index (χ4n) is 1.57. The minimum Gasteiger partial charge on any atom is -0.481 e. The van der Waals surface area contributed by atoms with Crippen molar-refractivity contribution in [3.63, 3.8) is 0 Å². The van der Waals surface area contributed by atoms with E-state index >= 15 is 0 Å². The van der Waals surface area contributed by atoms with E-state index in [-0.39, 0.29) is 37.5 Å². The first-order chi connectivity index (χ1) is 9.00. The SMILES string of the molecule is CN(CCC(=O)O)C(=O)CCC(=O)c1ccccc1. The summed E-state index contributed by atoms with van der Waals surface area (Å²) < 4.78 is 0. The topological polar surface area (TPSA) is 74.7 Å². The molecule has 1 N–H and O–H groups in total. The lowest BCUT2D eigenvalue weighted by molar-refractivity contribution is -0.138. The summed E-state index contributed by atoms with van der Waals surface area (Å²) in [6.07, 6.45) is 0.152. The molecule has 102 valence electrons. The Labute approximate surface area is 111 Å². The highest BCUT2D eigenvalue weighted by Crippen LogP contribution is 2.06. The molecule has 0 aromatic heterocycles. The van der Waals surface area contributed by atoms with E-state index < -0.39 is 5.97 Å². The summed E-state index contributed by atoms with van der Waals surface area (Å²) in [5.41, 5.74) is 0.587. The van der Waals surface area contributed by atoms with Gasteiger partial charge in [0.25, 0.3) is 0 Å². The second-order valence-electron chi connectivity index (χ2n) is 4.25. The number of aliphatic carboxylic acids is 1. The predicted octanol–water partition coefficient (Wildman–Crippen LogP) is 1.58. The van der Waals surface area contributed by atoms with E-state index in [1.807, 2.05) is 6.07 Å². The molecule has 1 amide bonds. The molecule has 5 heteroatoms. The molecular formula is C14H17NO4. The van der Waals surface area contributed by atoms with Gasteiger partial charge in [-0.15, -0.1) is 0 Å². The number of benzene rings is 1. The second-order valence-corrected chi connectivity index (χ2v) is 4.25. The van der Waals surface area contributed by atoms with Gasteiger partial charge in [-0.1, -0.05) is 30.3 Å². The van der Waals surface area contributed by atoms with Crippen LogP contribution in [-0.4, -0.2) is 41.3 Å². The molecule has 0 saturated heterocycles. The largest absolute Gasteiger partial charge is 0.481 e. The van der Waals surface area contributed by atoms with Crippen LogP contribution >= 0.6 is 0 Å². The Morgan fingerprint density at radius 2 is 1.68 bits per heavy atom. The van der Waals surface area contributed by atoms with E-state index in [9.17, 15) is 14.4 Å². The Bertz CT molecular complexity index is 456. The van der Waals surface area contributed by atoms with Crippen LogP contribution < -0.4 is 0 Å². The molecule has 1 rings (SSSR count). The van der Waals surface area contributed by atoms with E-state index in [0.717, 1.165) is 0 Å². The highest BCUT2D eigenvalue weighted by molar-refractivity contribution is 5.97. The summed E-state index contributed by atoms with van der Waals surface area (Å²) in [5.74, 6) is -1.24.